The van der Waals surface area contributed by atoms with E-state index in [1.807, 2.05) is 0 Å². The molecule has 0 aliphatic carbocycles. The van der Waals surface area contributed by atoms with E-state index in [9.17, 15) is 14.4 Å². The maximum Gasteiger partial charge on any atom is 0.306 e. The van der Waals surface area contributed by atoms with Crippen LogP contribution >= 0.6 is 0 Å². The Morgan fingerprint density at radius 2 is 0.745 bits per heavy atom. The monoisotopic (exact) mass is 765 g/mol. The van der Waals surface area contributed by atoms with Crippen LogP contribution in [0.5, 0.6) is 0 Å². The van der Waals surface area contributed by atoms with Gasteiger partial charge >= 0.3 is 17.9 Å². The van der Waals surface area contributed by atoms with Gasteiger partial charge in [-0.2, -0.15) is 0 Å². The van der Waals surface area contributed by atoms with Crippen LogP contribution in [0.25, 0.3) is 0 Å². The molecule has 55 heavy (non-hydrogen) atoms. The van der Waals surface area contributed by atoms with Gasteiger partial charge in [-0.25, -0.2) is 0 Å². The van der Waals surface area contributed by atoms with Crippen molar-refractivity contribution in [1.82, 2.24) is 0 Å². The van der Waals surface area contributed by atoms with E-state index in [2.05, 4.69) is 106 Å². The van der Waals surface area contributed by atoms with Gasteiger partial charge in [0, 0.05) is 19.3 Å². The predicted octanol–water partition coefficient (Wildman–Crippen LogP) is 14.1. The van der Waals surface area contributed by atoms with Crippen molar-refractivity contribution in [1.29, 1.82) is 0 Å². The molecule has 6 nitrogen and oxygen atoms in total. The minimum absolute atomic E-state index is 0.114. The van der Waals surface area contributed by atoms with E-state index in [4.69, 9.17) is 14.2 Å². The van der Waals surface area contributed by atoms with Crippen molar-refractivity contribution in [3.05, 3.63) is 85.1 Å². The molecule has 0 aromatic carbocycles. The summed E-state index contributed by atoms with van der Waals surface area (Å²) in [7, 11) is 0. The lowest BCUT2D eigenvalue weighted by atomic mass is 10.1. The van der Waals surface area contributed by atoms with E-state index in [1.54, 1.807) is 0 Å². The number of carbonyl (C=O) groups excluding carboxylic acids is 3. The van der Waals surface area contributed by atoms with Gasteiger partial charge in [-0.3, -0.25) is 14.4 Å². The van der Waals surface area contributed by atoms with Gasteiger partial charge in [0.2, 0.25) is 0 Å². The van der Waals surface area contributed by atoms with Gasteiger partial charge < -0.3 is 14.2 Å². The Morgan fingerprint density at radius 3 is 1.24 bits per heavy atom. The second kappa shape index (κ2) is 43.3. The highest BCUT2D eigenvalue weighted by molar-refractivity contribution is 5.71. The summed E-state index contributed by atoms with van der Waals surface area (Å²) >= 11 is 0. The standard InChI is InChI=1S/C49H80O6/c1-4-7-10-13-16-19-21-22-23-24-25-26-28-30-33-36-39-42-48(51)54-45-46(44-53-47(50)41-38-35-32-29-18-15-12-9-6-3)55-49(52)43-40-37-34-31-27-20-17-14-11-8-5-2/h7,10,14,16-17,19,22-23,25-26,29-30,32-33,46H,4-6,8-9,11-13,15,18,20-21,24,27-28,31,34-45H2,1-3H3/b10-7-,17-14-,19-16-,23-22-,26-25-,32-29-,33-30-. The molecule has 0 saturated carbocycles. The summed E-state index contributed by atoms with van der Waals surface area (Å²) in [6.07, 6.45) is 54.4. The third-order valence-corrected chi connectivity index (χ3v) is 8.85. The number of unbranched alkanes of at least 4 members (excludes halogenated alkanes) is 13. The Kier molecular flexibility index (Phi) is 40.6. The second-order valence-electron chi connectivity index (χ2n) is 14.2. The summed E-state index contributed by atoms with van der Waals surface area (Å²) in [6.45, 7) is 6.33. The van der Waals surface area contributed by atoms with Gasteiger partial charge in [-0.15, -0.1) is 0 Å². The third kappa shape index (κ3) is 41.6. The second-order valence-corrected chi connectivity index (χ2v) is 14.2. The number of allylic oxidation sites excluding steroid dienone is 14. The van der Waals surface area contributed by atoms with Crippen LogP contribution in [0.3, 0.4) is 0 Å². The Labute approximate surface area is 337 Å². The van der Waals surface area contributed by atoms with Crippen LogP contribution in [0, 0.1) is 0 Å². The molecule has 0 bridgehead atoms. The van der Waals surface area contributed by atoms with Crippen LogP contribution in [-0.2, 0) is 28.6 Å². The molecule has 0 aromatic rings. The summed E-state index contributed by atoms with van der Waals surface area (Å²) in [6, 6.07) is 0. The Bertz CT molecular complexity index is 1110. The van der Waals surface area contributed by atoms with Crippen molar-refractivity contribution >= 4 is 17.9 Å². The van der Waals surface area contributed by atoms with E-state index < -0.39 is 6.10 Å². The molecule has 0 heterocycles. The Morgan fingerprint density at radius 1 is 0.382 bits per heavy atom. The number of carbonyl (C=O) groups is 3. The van der Waals surface area contributed by atoms with E-state index >= 15 is 0 Å². The molecular weight excluding hydrogens is 685 g/mol. The first-order valence-corrected chi connectivity index (χ1v) is 22.1. The molecule has 0 N–H and O–H groups in total. The molecule has 0 spiro atoms. The highest BCUT2D eigenvalue weighted by Crippen LogP contribution is 2.11. The number of rotatable bonds is 38. The van der Waals surface area contributed by atoms with Crippen LogP contribution in [0.2, 0.25) is 0 Å². The molecule has 1 unspecified atom stereocenters. The summed E-state index contributed by atoms with van der Waals surface area (Å²) in [5.41, 5.74) is 0. The molecule has 0 fully saturated rings. The van der Waals surface area contributed by atoms with Gasteiger partial charge in [-0.1, -0.05) is 157 Å². The smallest absolute Gasteiger partial charge is 0.306 e. The first-order valence-electron chi connectivity index (χ1n) is 22.1. The lowest BCUT2D eigenvalue weighted by molar-refractivity contribution is -0.167. The summed E-state index contributed by atoms with van der Waals surface area (Å²) in [5, 5.41) is 0. The van der Waals surface area contributed by atoms with Gasteiger partial charge in [0.1, 0.15) is 13.2 Å². The lowest BCUT2D eigenvalue weighted by Crippen LogP contribution is -2.30. The number of esters is 3. The lowest BCUT2D eigenvalue weighted by Gasteiger charge is -2.18. The number of hydrogen-bond donors (Lipinski definition) is 0. The molecule has 0 aliphatic heterocycles. The molecule has 0 radical (unpaired) electrons. The molecule has 0 saturated heterocycles. The average molecular weight is 765 g/mol. The quantitative estimate of drug-likeness (QED) is 0.0270. The fourth-order valence-corrected chi connectivity index (χ4v) is 5.52. The average Bonchev–Trinajstić information content (AvgIpc) is 3.18. The van der Waals surface area contributed by atoms with Gasteiger partial charge in [0.05, 0.1) is 0 Å². The molecule has 0 aliphatic rings. The minimum Gasteiger partial charge on any atom is -0.462 e. The zero-order valence-electron chi connectivity index (χ0n) is 35.4. The fraction of sp³-hybridized carbons (Fsp3) is 0.653. The molecule has 6 heteroatoms. The topological polar surface area (TPSA) is 78.9 Å². The van der Waals surface area contributed by atoms with Crippen LogP contribution in [0.1, 0.15) is 188 Å². The van der Waals surface area contributed by atoms with E-state index in [-0.39, 0.29) is 37.5 Å². The maximum absolute atomic E-state index is 12.7. The molecule has 312 valence electrons. The zero-order valence-corrected chi connectivity index (χ0v) is 35.4. The van der Waals surface area contributed by atoms with E-state index in [0.29, 0.717) is 25.7 Å². The van der Waals surface area contributed by atoms with E-state index in [0.717, 1.165) is 83.5 Å². The summed E-state index contributed by atoms with van der Waals surface area (Å²) < 4.78 is 16.6. The van der Waals surface area contributed by atoms with E-state index in [1.165, 1.54) is 51.4 Å². The molecule has 1 atom stereocenters. The SMILES string of the molecule is CC/C=C\C/C=C\C/C=C\C/C=C\C/C=C\CCCC(=O)OCC(COC(=O)CCC/C=C\CCCCCC)OC(=O)CCCCCCC/C=C\CCCC. The summed E-state index contributed by atoms with van der Waals surface area (Å²) in [4.78, 5) is 37.6. The fourth-order valence-electron chi connectivity index (χ4n) is 5.52. The highest BCUT2D eigenvalue weighted by atomic mass is 16.6. The molecular formula is C49H80O6. The van der Waals surface area contributed by atoms with Crippen molar-refractivity contribution in [2.75, 3.05) is 13.2 Å². The van der Waals surface area contributed by atoms with Crippen molar-refractivity contribution < 1.29 is 28.6 Å². The Balaban J connectivity index is 4.49. The van der Waals surface area contributed by atoms with Crippen LogP contribution < -0.4 is 0 Å². The third-order valence-electron chi connectivity index (χ3n) is 8.85. The van der Waals surface area contributed by atoms with Gasteiger partial charge in [0.15, 0.2) is 6.10 Å². The number of ether oxygens (including phenoxy) is 3. The molecule has 0 amide bonds. The largest absolute Gasteiger partial charge is 0.462 e. The minimum atomic E-state index is -0.811. The predicted molar refractivity (Wildman–Crippen MR) is 233 cm³/mol. The van der Waals surface area contributed by atoms with Crippen LogP contribution in [0.15, 0.2) is 85.1 Å². The normalized spacial score (nSPS) is 12.9. The van der Waals surface area contributed by atoms with Crippen molar-refractivity contribution in [3.8, 4) is 0 Å². The Hall–Kier alpha value is -3.41. The zero-order chi connectivity index (χ0) is 40.1. The van der Waals surface area contributed by atoms with Crippen molar-refractivity contribution in [2.45, 2.75) is 194 Å². The number of hydrogen-bond acceptors (Lipinski definition) is 6. The van der Waals surface area contributed by atoms with Gasteiger partial charge in [-0.05, 0) is 96.3 Å². The first kappa shape index (κ1) is 51.6. The highest BCUT2D eigenvalue weighted by Gasteiger charge is 2.19. The molecule has 0 rings (SSSR count). The van der Waals surface area contributed by atoms with Crippen molar-refractivity contribution in [2.24, 2.45) is 0 Å². The summed E-state index contributed by atoms with van der Waals surface area (Å²) in [5.74, 6) is -1.03. The van der Waals surface area contributed by atoms with Gasteiger partial charge in [0.25, 0.3) is 0 Å². The maximum atomic E-state index is 12.7. The van der Waals surface area contributed by atoms with Crippen LogP contribution in [0.4, 0.5) is 0 Å². The van der Waals surface area contributed by atoms with Crippen molar-refractivity contribution in [3.63, 3.8) is 0 Å². The molecule has 0 aromatic heterocycles. The van der Waals surface area contributed by atoms with Crippen LogP contribution in [-0.4, -0.2) is 37.2 Å². The first-order chi connectivity index (χ1) is 27.0.